The second kappa shape index (κ2) is 8.99. The molecule has 10 atom stereocenters. The molecule has 0 aromatic rings. The molecular weight excluding hydrogens is 508 g/mol. The van der Waals surface area contributed by atoms with Gasteiger partial charge in [-0.3, -0.25) is 9.59 Å². The van der Waals surface area contributed by atoms with Crippen LogP contribution in [0.2, 0.25) is 0 Å². The van der Waals surface area contributed by atoms with Gasteiger partial charge in [0.05, 0.1) is 12.5 Å². The number of hydrogen-bond acceptors (Lipinski definition) is 6. The number of methoxy groups -OCH3 is 1. The molecule has 0 aliphatic heterocycles. The average Bonchev–Trinajstić information content (AvgIpc) is 2.83. The number of thiocarbonyl (C=S) groups is 1. The number of ketones is 1. The Morgan fingerprint density at radius 2 is 1.56 bits per heavy atom. The van der Waals surface area contributed by atoms with Crippen molar-refractivity contribution < 1.29 is 24.2 Å². The van der Waals surface area contributed by atoms with E-state index < -0.39 is 11.5 Å². The average molecular weight is 561 g/mol. The molecule has 5 unspecified atom stereocenters. The second-order valence-corrected chi connectivity index (χ2v) is 16.9. The van der Waals surface area contributed by atoms with E-state index in [1.807, 2.05) is 6.92 Å². The van der Waals surface area contributed by atoms with Crippen LogP contribution < -0.4 is 0 Å². The molecule has 5 rings (SSSR count). The largest absolute Gasteiger partial charge is 0.484 e. The molecule has 5 aliphatic carbocycles. The molecule has 5 nitrogen and oxygen atoms in total. The first-order valence-electron chi connectivity index (χ1n) is 15.4. The van der Waals surface area contributed by atoms with E-state index in [1.165, 1.54) is 7.11 Å². The number of rotatable bonds is 2. The van der Waals surface area contributed by atoms with Gasteiger partial charge in [0, 0.05) is 24.2 Å². The van der Waals surface area contributed by atoms with Gasteiger partial charge in [0.15, 0.2) is 10.8 Å². The Labute approximate surface area is 241 Å². The van der Waals surface area contributed by atoms with E-state index in [4.69, 9.17) is 21.7 Å². The molecule has 0 saturated heterocycles. The molecule has 5 aliphatic rings. The summed E-state index contributed by atoms with van der Waals surface area (Å²) in [6.07, 6.45) is 6.97. The highest BCUT2D eigenvalue weighted by atomic mass is 32.1. The Morgan fingerprint density at radius 3 is 2.18 bits per heavy atom. The van der Waals surface area contributed by atoms with Gasteiger partial charge in [-0.25, -0.2) is 0 Å². The van der Waals surface area contributed by atoms with Gasteiger partial charge in [-0.05, 0) is 104 Å². The third kappa shape index (κ3) is 3.81. The third-order valence-electron chi connectivity index (χ3n) is 13.8. The Kier molecular flexibility index (Phi) is 6.80. The minimum absolute atomic E-state index is 0.0254. The van der Waals surface area contributed by atoms with Gasteiger partial charge >= 0.3 is 5.97 Å². The standard InChI is InChI=1S/C33H52O5S/c1-19(39)38-22-11-12-30(6)21(29(22,4)5)10-13-32(8)26(30)25(35)24(34)23-20-18-28(2,3)14-16-33(20,27(36)37-9)17-15-31(23,32)7/h20-24,26,34H,10-18H2,1-9H3/t20?,21?,22-,23?,24?,26?,30-,31+,32+,33-/m0/s1. The number of Topliss-reactive ketones (excluding diaryl/α,β-unsaturated/α-hetero) is 1. The van der Waals surface area contributed by atoms with Crippen molar-refractivity contribution in [2.75, 3.05) is 7.11 Å². The van der Waals surface area contributed by atoms with Crippen molar-refractivity contribution >= 4 is 29.0 Å². The van der Waals surface area contributed by atoms with Gasteiger partial charge in [0.1, 0.15) is 12.2 Å². The number of aliphatic hydroxyl groups is 1. The number of hydrogen-bond donors (Lipinski definition) is 1. The minimum atomic E-state index is -1.05. The summed E-state index contributed by atoms with van der Waals surface area (Å²) in [5.41, 5.74) is -1.37. The second-order valence-electron chi connectivity index (χ2n) is 16.3. The lowest BCUT2D eigenvalue weighted by molar-refractivity contribution is -0.262. The first-order valence-corrected chi connectivity index (χ1v) is 15.8. The molecule has 0 bridgehead atoms. The summed E-state index contributed by atoms with van der Waals surface area (Å²) >= 11 is 5.33. The van der Waals surface area contributed by atoms with E-state index >= 15 is 0 Å². The molecule has 220 valence electrons. The van der Waals surface area contributed by atoms with E-state index in [2.05, 4.69) is 48.5 Å². The quantitative estimate of drug-likeness (QED) is 0.292. The molecule has 1 N–H and O–H groups in total. The number of esters is 1. The number of carbonyl (C=O) groups excluding carboxylic acids is 2. The lowest BCUT2D eigenvalue weighted by atomic mass is 9.30. The summed E-state index contributed by atoms with van der Waals surface area (Å²) in [7, 11) is 1.50. The van der Waals surface area contributed by atoms with Crippen LogP contribution in [0.3, 0.4) is 0 Å². The Hall–Kier alpha value is -1.01. The lowest BCUT2D eigenvalue weighted by Crippen LogP contribution is -2.73. The molecule has 0 radical (unpaired) electrons. The summed E-state index contributed by atoms with van der Waals surface area (Å²) in [4.78, 5) is 28.1. The normalized spacial score (nSPS) is 49.9. The molecule has 5 fully saturated rings. The molecule has 0 amide bonds. The highest BCUT2D eigenvalue weighted by molar-refractivity contribution is 7.80. The number of fused-ring (bicyclic) bond motifs is 7. The Balaban J connectivity index is 1.59. The zero-order valence-corrected chi connectivity index (χ0v) is 26.6. The van der Waals surface area contributed by atoms with Crippen LogP contribution in [0.1, 0.15) is 113 Å². The predicted molar refractivity (Wildman–Crippen MR) is 156 cm³/mol. The monoisotopic (exact) mass is 560 g/mol. The van der Waals surface area contributed by atoms with Gasteiger partial charge in [-0.15, -0.1) is 0 Å². The third-order valence-corrected chi connectivity index (χ3v) is 13.9. The zero-order chi connectivity index (χ0) is 29.0. The van der Waals surface area contributed by atoms with Crippen molar-refractivity contribution in [3.63, 3.8) is 0 Å². The van der Waals surface area contributed by atoms with Crippen LogP contribution in [-0.2, 0) is 19.1 Å². The van der Waals surface area contributed by atoms with Crippen molar-refractivity contribution in [3.8, 4) is 0 Å². The van der Waals surface area contributed by atoms with Crippen molar-refractivity contribution in [1.82, 2.24) is 0 Å². The maximum absolute atomic E-state index is 14.7. The molecule has 5 saturated carbocycles. The predicted octanol–water partition coefficient (Wildman–Crippen LogP) is 6.92. The molecule has 0 aromatic carbocycles. The molecule has 0 aromatic heterocycles. The van der Waals surface area contributed by atoms with Gasteiger partial charge in [-0.1, -0.05) is 48.5 Å². The van der Waals surface area contributed by atoms with Crippen LogP contribution >= 0.6 is 12.2 Å². The SMILES string of the molecule is COC(=O)[C@]12CCC(C)(C)CC1C1C(O)C(=O)C3[C@@]4(C)CC[C@H](OC(C)=S)C(C)(C)C4CC[C@@]3(C)[C@]1(C)CC2. The summed E-state index contributed by atoms with van der Waals surface area (Å²) in [5, 5.41) is 12.7. The van der Waals surface area contributed by atoms with E-state index in [0.29, 0.717) is 11.0 Å². The van der Waals surface area contributed by atoms with Gasteiger partial charge in [0.2, 0.25) is 0 Å². The van der Waals surface area contributed by atoms with Crippen molar-refractivity contribution in [2.45, 2.75) is 125 Å². The first-order chi connectivity index (χ1) is 17.9. The summed E-state index contributed by atoms with van der Waals surface area (Å²) in [5.74, 6) is -0.307. The fourth-order valence-corrected chi connectivity index (χ4v) is 11.9. The highest BCUT2D eigenvalue weighted by Crippen LogP contribution is 2.76. The van der Waals surface area contributed by atoms with Crippen molar-refractivity contribution in [3.05, 3.63) is 0 Å². The van der Waals surface area contributed by atoms with Crippen LogP contribution in [0.15, 0.2) is 0 Å². The van der Waals surface area contributed by atoms with E-state index in [0.717, 1.165) is 57.8 Å². The Morgan fingerprint density at radius 1 is 0.923 bits per heavy atom. The molecule has 6 heteroatoms. The minimum Gasteiger partial charge on any atom is -0.484 e. The number of ether oxygens (including phenoxy) is 2. The first kappa shape index (κ1) is 29.5. The summed E-state index contributed by atoms with van der Waals surface area (Å²) < 4.78 is 11.6. The van der Waals surface area contributed by atoms with Crippen LogP contribution in [-0.4, -0.2) is 41.2 Å². The fourth-order valence-electron chi connectivity index (χ4n) is 11.7. The maximum Gasteiger partial charge on any atom is 0.312 e. The van der Waals surface area contributed by atoms with Crippen LogP contribution in [0, 0.1) is 56.2 Å². The van der Waals surface area contributed by atoms with Gasteiger partial charge in [0.25, 0.3) is 0 Å². The maximum atomic E-state index is 14.7. The van der Waals surface area contributed by atoms with Crippen LogP contribution in [0.5, 0.6) is 0 Å². The van der Waals surface area contributed by atoms with Gasteiger partial charge < -0.3 is 14.6 Å². The smallest absolute Gasteiger partial charge is 0.312 e. The van der Waals surface area contributed by atoms with Crippen molar-refractivity contribution in [1.29, 1.82) is 0 Å². The van der Waals surface area contributed by atoms with E-state index in [-0.39, 0.29) is 62.7 Å². The molecule has 39 heavy (non-hydrogen) atoms. The number of carbonyl (C=O) groups is 2. The zero-order valence-electron chi connectivity index (χ0n) is 25.8. The van der Waals surface area contributed by atoms with Crippen molar-refractivity contribution in [2.24, 2.45) is 56.2 Å². The molecular formula is C33H52O5S. The fraction of sp³-hybridized carbons (Fsp3) is 0.909. The Bertz CT molecular complexity index is 1070. The van der Waals surface area contributed by atoms with Crippen LogP contribution in [0.25, 0.3) is 0 Å². The lowest BCUT2D eigenvalue weighted by Gasteiger charge is -2.73. The van der Waals surface area contributed by atoms with Crippen LogP contribution in [0.4, 0.5) is 0 Å². The number of aliphatic hydroxyl groups excluding tert-OH is 1. The summed E-state index contributed by atoms with van der Waals surface area (Å²) in [6, 6.07) is 0. The molecule has 0 spiro atoms. The summed E-state index contributed by atoms with van der Waals surface area (Å²) in [6.45, 7) is 18.1. The molecule has 0 heterocycles. The van der Waals surface area contributed by atoms with E-state index in [1.54, 1.807) is 0 Å². The van der Waals surface area contributed by atoms with Gasteiger partial charge in [-0.2, -0.15) is 0 Å². The van der Waals surface area contributed by atoms with E-state index in [9.17, 15) is 14.7 Å². The topological polar surface area (TPSA) is 72.8 Å². The highest BCUT2D eigenvalue weighted by Gasteiger charge is 2.75.